The SMILES string of the molecule is OC(CNC1CC=CC1)COc1ccc(F)cc1. The maximum Gasteiger partial charge on any atom is 0.123 e. The van der Waals surface area contributed by atoms with Crippen LogP contribution in [-0.4, -0.2) is 30.4 Å². The number of ether oxygens (including phenoxy) is 1. The summed E-state index contributed by atoms with van der Waals surface area (Å²) in [5.41, 5.74) is 0. The molecule has 98 valence electrons. The van der Waals surface area contributed by atoms with E-state index >= 15 is 0 Å². The highest BCUT2D eigenvalue weighted by Crippen LogP contribution is 2.11. The summed E-state index contributed by atoms with van der Waals surface area (Å²) in [5.74, 6) is 0.274. The van der Waals surface area contributed by atoms with Crippen molar-refractivity contribution >= 4 is 0 Å². The molecule has 0 saturated carbocycles. The van der Waals surface area contributed by atoms with E-state index in [-0.39, 0.29) is 12.4 Å². The molecule has 0 aromatic heterocycles. The van der Waals surface area contributed by atoms with E-state index in [0.717, 1.165) is 12.8 Å². The molecular weight excluding hydrogens is 233 g/mol. The van der Waals surface area contributed by atoms with Gasteiger partial charge in [-0.3, -0.25) is 0 Å². The van der Waals surface area contributed by atoms with Crippen LogP contribution < -0.4 is 10.1 Å². The van der Waals surface area contributed by atoms with Crippen LogP contribution in [0.1, 0.15) is 12.8 Å². The van der Waals surface area contributed by atoms with Gasteiger partial charge in [0.2, 0.25) is 0 Å². The van der Waals surface area contributed by atoms with Gasteiger partial charge in [0.05, 0.1) is 0 Å². The van der Waals surface area contributed by atoms with E-state index < -0.39 is 6.10 Å². The van der Waals surface area contributed by atoms with Crippen LogP contribution in [0.3, 0.4) is 0 Å². The van der Waals surface area contributed by atoms with Crippen molar-refractivity contribution in [3.63, 3.8) is 0 Å². The maximum atomic E-state index is 12.7. The zero-order valence-electron chi connectivity index (χ0n) is 10.2. The Hall–Kier alpha value is -1.39. The number of nitrogens with one attached hydrogen (secondary N) is 1. The number of hydrogen-bond donors (Lipinski definition) is 2. The molecule has 0 spiro atoms. The summed E-state index contributed by atoms with van der Waals surface area (Å²) in [6.07, 6.45) is 5.76. The highest BCUT2D eigenvalue weighted by molar-refractivity contribution is 5.22. The standard InChI is InChI=1S/C14H18FNO2/c15-11-5-7-14(8-6-11)18-10-13(17)9-16-12-3-1-2-4-12/h1-2,5-8,12-13,16-17H,3-4,9-10H2. The topological polar surface area (TPSA) is 41.5 Å². The monoisotopic (exact) mass is 251 g/mol. The zero-order chi connectivity index (χ0) is 12.8. The third-order valence-electron chi connectivity index (χ3n) is 2.91. The van der Waals surface area contributed by atoms with Crippen LogP contribution >= 0.6 is 0 Å². The molecule has 1 aliphatic carbocycles. The zero-order valence-corrected chi connectivity index (χ0v) is 10.2. The second-order valence-electron chi connectivity index (χ2n) is 4.47. The smallest absolute Gasteiger partial charge is 0.123 e. The molecule has 1 aromatic carbocycles. The summed E-state index contributed by atoms with van der Waals surface area (Å²) in [7, 11) is 0. The van der Waals surface area contributed by atoms with Crippen molar-refractivity contribution in [1.29, 1.82) is 0 Å². The Morgan fingerprint density at radius 2 is 1.94 bits per heavy atom. The van der Waals surface area contributed by atoms with Gasteiger partial charge >= 0.3 is 0 Å². The maximum absolute atomic E-state index is 12.7. The highest BCUT2D eigenvalue weighted by atomic mass is 19.1. The van der Waals surface area contributed by atoms with Crippen molar-refractivity contribution in [2.24, 2.45) is 0 Å². The lowest BCUT2D eigenvalue weighted by molar-refractivity contribution is 0.104. The molecule has 18 heavy (non-hydrogen) atoms. The third-order valence-corrected chi connectivity index (χ3v) is 2.91. The van der Waals surface area contributed by atoms with Gasteiger partial charge < -0.3 is 15.2 Å². The van der Waals surface area contributed by atoms with Gasteiger partial charge in [0.25, 0.3) is 0 Å². The lowest BCUT2D eigenvalue weighted by Crippen LogP contribution is -2.36. The molecule has 1 atom stereocenters. The predicted octanol–water partition coefficient (Wildman–Crippen LogP) is 1.87. The number of rotatable bonds is 6. The number of hydrogen-bond acceptors (Lipinski definition) is 3. The van der Waals surface area contributed by atoms with Gasteiger partial charge in [-0.25, -0.2) is 4.39 Å². The van der Waals surface area contributed by atoms with E-state index in [1.807, 2.05) is 0 Å². The Kier molecular flexibility index (Phi) is 4.73. The molecule has 0 bridgehead atoms. The summed E-state index contributed by atoms with van der Waals surface area (Å²) in [4.78, 5) is 0. The minimum Gasteiger partial charge on any atom is -0.491 e. The lowest BCUT2D eigenvalue weighted by Gasteiger charge is -2.16. The van der Waals surface area contributed by atoms with Crippen molar-refractivity contribution in [3.05, 3.63) is 42.2 Å². The average Bonchev–Trinajstić information content (AvgIpc) is 2.89. The molecule has 2 N–H and O–H groups in total. The van der Waals surface area contributed by atoms with Gasteiger partial charge in [-0.1, -0.05) is 12.2 Å². The molecule has 1 aliphatic rings. The molecule has 0 amide bonds. The van der Waals surface area contributed by atoms with Gasteiger partial charge in [-0.05, 0) is 37.1 Å². The summed E-state index contributed by atoms with van der Waals surface area (Å²) in [5, 5.41) is 13.0. The van der Waals surface area contributed by atoms with Crippen LogP contribution in [0, 0.1) is 5.82 Å². The average molecular weight is 251 g/mol. The lowest BCUT2D eigenvalue weighted by atomic mass is 10.2. The number of benzene rings is 1. The summed E-state index contributed by atoms with van der Waals surface area (Å²) in [6, 6.07) is 6.21. The predicted molar refractivity (Wildman–Crippen MR) is 68.1 cm³/mol. The number of halogens is 1. The highest BCUT2D eigenvalue weighted by Gasteiger charge is 2.12. The summed E-state index contributed by atoms with van der Waals surface area (Å²) >= 11 is 0. The Bertz CT molecular complexity index is 383. The first-order valence-electron chi connectivity index (χ1n) is 6.19. The Balaban J connectivity index is 1.64. The van der Waals surface area contributed by atoms with Crippen LogP contribution in [0.15, 0.2) is 36.4 Å². The van der Waals surface area contributed by atoms with Gasteiger partial charge in [-0.2, -0.15) is 0 Å². The molecule has 0 heterocycles. The fourth-order valence-corrected chi connectivity index (χ4v) is 1.87. The molecule has 0 saturated heterocycles. The van der Waals surface area contributed by atoms with Crippen molar-refractivity contribution in [2.75, 3.05) is 13.2 Å². The van der Waals surface area contributed by atoms with Crippen LogP contribution in [-0.2, 0) is 0 Å². The molecule has 1 aromatic rings. The summed E-state index contributed by atoms with van der Waals surface area (Å²) < 4.78 is 18.0. The second kappa shape index (κ2) is 6.52. The van der Waals surface area contributed by atoms with Crippen molar-refractivity contribution in [3.8, 4) is 5.75 Å². The summed E-state index contributed by atoms with van der Waals surface area (Å²) in [6.45, 7) is 0.715. The van der Waals surface area contributed by atoms with E-state index in [1.165, 1.54) is 12.1 Å². The number of aliphatic hydroxyl groups excluding tert-OH is 1. The number of aliphatic hydroxyl groups is 1. The first-order valence-corrected chi connectivity index (χ1v) is 6.19. The minimum absolute atomic E-state index is 0.207. The van der Waals surface area contributed by atoms with Crippen LogP contribution in [0.2, 0.25) is 0 Å². The fourth-order valence-electron chi connectivity index (χ4n) is 1.87. The van der Waals surface area contributed by atoms with Crippen molar-refractivity contribution in [2.45, 2.75) is 25.0 Å². The van der Waals surface area contributed by atoms with Crippen molar-refractivity contribution in [1.82, 2.24) is 5.32 Å². The Morgan fingerprint density at radius 1 is 1.28 bits per heavy atom. The first-order chi connectivity index (χ1) is 8.74. The Morgan fingerprint density at radius 3 is 2.61 bits per heavy atom. The molecule has 3 nitrogen and oxygen atoms in total. The van der Waals surface area contributed by atoms with Gasteiger partial charge in [0, 0.05) is 12.6 Å². The molecule has 0 fully saturated rings. The van der Waals surface area contributed by atoms with Crippen LogP contribution in [0.25, 0.3) is 0 Å². The molecule has 2 rings (SSSR count). The fraction of sp³-hybridized carbons (Fsp3) is 0.429. The Labute approximate surface area is 106 Å². The quantitative estimate of drug-likeness (QED) is 0.758. The molecular formula is C14H18FNO2. The van der Waals surface area contributed by atoms with E-state index in [2.05, 4.69) is 17.5 Å². The van der Waals surface area contributed by atoms with Gasteiger partial charge in [0.1, 0.15) is 24.3 Å². The molecule has 0 radical (unpaired) electrons. The van der Waals surface area contributed by atoms with Crippen LogP contribution in [0.5, 0.6) is 5.75 Å². The molecule has 0 aliphatic heterocycles. The van der Waals surface area contributed by atoms with Crippen LogP contribution in [0.4, 0.5) is 4.39 Å². The minimum atomic E-state index is -0.560. The van der Waals surface area contributed by atoms with E-state index in [0.29, 0.717) is 18.3 Å². The van der Waals surface area contributed by atoms with E-state index in [9.17, 15) is 9.50 Å². The molecule has 4 heteroatoms. The van der Waals surface area contributed by atoms with Gasteiger partial charge in [-0.15, -0.1) is 0 Å². The van der Waals surface area contributed by atoms with E-state index in [1.54, 1.807) is 12.1 Å². The molecule has 1 unspecified atom stereocenters. The largest absolute Gasteiger partial charge is 0.491 e. The second-order valence-corrected chi connectivity index (χ2v) is 4.47. The normalized spacial score (nSPS) is 17.0. The van der Waals surface area contributed by atoms with Crippen molar-refractivity contribution < 1.29 is 14.2 Å². The van der Waals surface area contributed by atoms with Gasteiger partial charge in [0.15, 0.2) is 0 Å². The van der Waals surface area contributed by atoms with E-state index in [4.69, 9.17) is 4.74 Å². The first kappa shape index (κ1) is 13.1. The third kappa shape index (κ3) is 4.13.